The molecule has 0 spiro atoms. The van der Waals surface area contributed by atoms with Gasteiger partial charge in [-0.1, -0.05) is 11.6 Å². The number of anilines is 1. The Kier molecular flexibility index (Phi) is 4.94. The van der Waals surface area contributed by atoms with E-state index in [1.54, 1.807) is 18.2 Å². The first-order valence-electron chi connectivity index (χ1n) is 7.73. The summed E-state index contributed by atoms with van der Waals surface area (Å²) in [4.78, 5) is 39.5. The second kappa shape index (κ2) is 6.82. The van der Waals surface area contributed by atoms with Gasteiger partial charge in [-0.25, -0.2) is 4.90 Å². The van der Waals surface area contributed by atoms with Crippen molar-refractivity contribution in [2.75, 3.05) is 18.0 Å². The number of halogens is 2. The molecule has 8 heteroatoms. The van der Waals surface area contributed by atoms with Crippen molar-refractivity contribution in [3.05, 3.63) is 27.7 Å². The van der Waals surface area contributed by atoms with Crippen molar-refractivity contribution in [3.63, 3.8) is 0 Å². The molecule has 6 nitrogen and oxygen atoms in total. The predicted octanol–water partition coefficient (Wildman–Crippen LogP) is 1.93. The molecule has 0 unspecified atom stereocenters. The molecule has 0 bridgehead atoms. The lowest BCUT2D eigenvalue weighted by Crippen LogP contribution is -2.47. The zero-order valence-electron chi connectivity index (χ0n) is 12.9. The maximum absolute atomic E-state index is 12.7. The fourth-order valence-electron chi connectivity index (χ4n) is 3.29. The smallest absolute Gasteiger partial charge is 0.251 e. The number of carbonyl (C=O) groups is 3. The second-order valence-corrected chi connectivity index (χ2v) is 7.36. The number of hydrogen-bond donors (Lipinski definition) is 1. The van der Waals surface area contributed by atoms with Crippen molar-refractivity contribution < 1.29 is 14.4 Å². The highest BCUT2D eigenvalue weighted by Gasteiger charge is 2.43. The molecular formula is C16H17BrClN3O3. The van der Waals surface area contributed by atoms with E-state index in [1.165, 1.54) is 4.90 Å². The Morgan fingerprint density at radius 3 is 2.50 bits per heavy atom. The molecule has 2 aliphatic heterocycles. The van der Waals surface area contributed by atoms with Crippen LogP contribution in [0.1, 0.15) is 19.3 Å². The standard InChI is InChI=1S/C16H17BrClN3O3/c17-11-2-1-10(7-12(11)18)21-14(22)8-13(16(21)24)20-5-3-9(4-6-20)15(19)23/h1-2,7,9,13H,3-6,8H2,(H2,19,23)/t13-/m1/s1. The molecule has 0 aliphatic carbocycles. The third kappa shape index (κ3) is 3.20. The number of imide groups is 1. The van der Waals surface area contributed by atoms with Crippen LogP contribution in [0.15, 0.2) is 22.7 Å². The molecule has 3 amide bonds. The quantitative estimate of drug-likeness (QED) is 0.766. The van der Waals surface area contributed by atoms with Crippen LogP contribution in [0.4, 0.5) is 5.69 Å². The lowest BCUT2D eigenvalue weighted by Gasteiger charge is -2.33. The zero-order valence-corrected chi connectivity index (χ0v) is 15.2. The number of piperidine rings is 1. The van der Waals surface area contributed by atoms with Gasteiger partial charge in [0.25, 0.3) is 5.91 Å². The van der Waals surface area contributed by atoms with Crippen LogP contribution in [-0.2, 0) is 14.4 Å². The molecule has 2 aliphatic rings. The summed E-state index contributed by atoms with van der Waals surface area (Å²) in [6, 6.07) is 4.52. The van der Waals surface area contributed by atoms with Crippen molar-refractivity contribution in [2.45, 2.75) is 25.3 Å². The number of carbonyl (C=O) groups excluding carboxylic acids is 3. The van der Waals surface area contributed by atoms with Crippen LogP contribution in [0.2, 0.25) is 5.02 Å². The third-order valence-electron chi connectivity index (χ3n) is 4.66. The van der Waals surface area contributed by atoms with Gasteiger partial charge in [0.05, 0.1) is 23.2 Å². The van der Waals surface area contributed by atoms with Crippen molar-refractivity contribution in [2.24, 2.45) is 11.7 Å². The molecule has 128 valence electrons. The van der Waals surface area contributed by atoms with Gasteiger partial charge in [-0.3, -0.25) is 19.3 Å². The number of hydrogen-bond acceptors (Lipinski definition) is 4. The van der Waals surface area contributed by atoms with E-state index in [4.69, 9.17) is 17.3 Å². The number of nitrogens with zero attached hydrogens (tertiary/aromatic N) is 2. The Bertz CT molecular complexity index is 704. The molecule has 2 N–H and O–H groups in total. The van der Waals surface area contributed by atoms with Crippen molar-refractivity contribution in [3.8, 4) is 0 Å². The highest BCUT2D eigenvalue weighted by Crippen LogP contribution is 2.32. The summed E-state index contributed by atoms with van der Waals surface area (Å²) in [6.07, 6.45) is 1.39. The van der Waals surface area contributed by atoms with Gasteiger partial charge in [0.1, 0.15) is 0 Å². The van der Waals surface area contributed by atoms with Gasteiger partial charge in [-0.05, 0) is 60.1 Å². The average Bonchev–Trinajstić information content (AvgIpc) is 2.85. The van der Waals surface area contributed by atoms with Crippen molar-refractivity contribution >= 4 is 50.9 Å². The predicted molar refractivity (Wildman–Crippen MR) is 93.5 cm³/mol. The summed E-state index contributed by atoms with van der Waals surface area (Å²) < 4.78 is 0.706. The number of nitrogens with two attached hydrogens (primary N) is 1. The van der Waals surface area contributed by atoms with E-state index >= 15 is 0 Å². The van der Waals surface area contributed by atoms with Crippen LogP contribution >= 0.6 is 27.5 Å². The molecule has 2 heterocycles. The van der Waals surface area contributed by atoms with E-state index in [9.17, 15) is 14.4 Å². The van der Waals surface area contributed by atoms with E-state index < -0.39 is 6.04 Å². The van der Waals surface area contributed by atoms with Crippen molar-refractivity contribution in [1.82, 2.24) is 4.90 Å². The SMILES string of the molecule is NC(=O)C1CCN([C@@H]2CC(=O)N(c3ccc(Br)c(Cl)c3)C2=O)CC1. The molecule has 0 aromatic heterocycles. The Labute approximate surface area is 153 Å². The van der Waals surface area contributed by atoms with Crippen molar-refractivity contribution in [1.29, 1.82) is 0 Å². The molecule has 1 atom stereocenters. The number of likely N-dealkylation sites (tertiary alicyclic amines) is 1. The Balaban J connectivity index is 1.75. The highest BCUT2D eigenvalue weighted by molar-refractivity contribution is 9.10. The maximum atomic E-state index is 12.7. The number of amides is 3. The van der Waals surface area contributed by atoms with E-state index in [0.29, 0.717) is 41.1 Å². The average molecular weight is 415 g/mol. The normalized spacial score (nSPS) is 23.1. The van der Waals surface area contributed by atoms with Gasteiger partial charge in [-0.2, -0.15) is 0 Å². The van der Waals surface area contributed by atoms with Gasteiger partial charge in [0.15, 0.2) is 0 Å². The number of rotatable bonds is 3. The lowest BCUT2D eigenvalue weighted by atomic mass is 9.95. The Hall–Kier alpha value is -1.44. The number of benzene rings is 1. The summed E-state index contributed by atoms with van der Waals surface area (Å²) >= 11 is 9.36. The van der Waals surface area contributed by atoms with E-state index in [-0.39, 0.29) is 30.1 Å². The fraction of sp³-hybridized carbons (Fsp3) is 0.438. The van der Waals surface area contributed by atoms with Crippen LogP contribution in [-0.4, -0.2) is 41.8 Å². The first kappa shape index (κ1) is 17.4. The fourth-order valence-corrected chi connectivity index (χ4v) is 3.71. The summed E-state index contributed by atoms with van der Waals surface area (Å²) in [5, 5.41) is 0.443. The molecule has 3 rings (SSSR count). The van der Waals surface area contributed by atoms with Gasteiger partial charge >= 0.3 is 0 Å². The van der Waals surface area contributed by atoms with Crippen LogP contribution in [0.5, 0.6) is 0 Å². The molecule has 2 saturated heterocycles. The lowest BCUT2D eigenvalue weighted by molar-refractivity contribution is -0.124. The largest absolute Gasteiger partial charge is 0.369 e. The minimum Gasteiger partial charge on any atom is -0.369 e. The Morgan fingerprint density at radius 2 is 1.92 bits per heavy atom. The summed E-state index contributed by atoms with van der Waals surface area (Å²) in [5.74, 6) is -0.916. The monoisotopic (exact) mass is 413 g/mol. The highest BCUT2D eigenvalue weighted by atomic mass is 79.9. The van der Waals surface area contributed by atoms with Gasteiger partial charge in [0, 0.05) is 10.4 Å². The van der Waals surface area contributed by atoms with Crippen LogP contribution in [0.3, 0.4) is 0 Å². The number of primary amides is 1. The maximum Gasteiger partial charge on any atom is 0.251 e. The Morgan fingerprint density at radius 1 is 1.25 bits per heavy atom. The third-order valence-corrected chi connectivity index (χ3v) is 5.89. The van der Waals surface area contributed by atoms with Gasteiger partial charge < -0.3 is 5.73 Å². The molecule has 2 fully saturated rings. The molecular weight excluding hydrogens is 398 g/mol. The van der Waals surface area contributed by atoms with Crippen LogP contribution < -0.4 is 10.6 Å². The summed E-state index contributed by atoms with van der Waals surface area (Å²) in [6.45, 7) is 1.18. The minimum atomic E-state index is -0.478. The second-order valence-electron chi connectivity index (χ2n) is 6.10. The van der Waals surface area contributed by atoms with E-state index in [1.807, 2.05) is 4.90 Å². The first-order valence-corrected chi connectivity index (χ1v) is 8.91. The summed E-state index contributed by atoms with van der Waals surface area (Å²) in [7, 11) is 0. The first-order chi connectivity index (χ1) is 11.4. The summed E-state index contributed by atoms with van der Waals surface area (Å²) in [5.41, 5.74) is 5.82. The molecule has 0 radical (unpaired) electrons. The molecule has 1 aromatic carbocycles. The molecule has 1 aromatic rings. The van der Waals surface area contributed by atoms with Gasteiger partial charge in [0.2, 0.25) is 11.8 Å². The molecule has 24 heavy (non-hydrogen) atoms. The van der Waals surface area contributed by atoms with E-state index in [2.05, 4.69) is 15.9 Å². The minimum absolute atomic E-state index is 0.144. The van der Waals surface area contributed by atoms with Gasteiger partial charge in [-0.15, -0.1) is 0 Å². The topological polar surface area (TPSA) is 83.7 Å². The molecule has 0 saturated carbocycles. The van der Waals surface area contributed by atoms with E-state index in [0.717, 1.165) is 0 Å². The van der Waals surface area contributed by atoms with Crippen LogP contribution in [0, 0.1) is 5.92 Å². The zero-order chi connectivity index (χ0) is 17.4. The van der Waals surface area contributed by atoms with Crippen LogP contribution in [0.25, 0.3) is 0 Å².